The molecule has 9 heteroatoms. The van der Waals surface area contributed by atoms with Gasteiger partial charge in [0.25, 0.3) is 0 Å². The van der Waals surface area contributed by atoms with Crippen LogP contribution in [0.1, 0.15) is 45.6 Å². The minimum Gasteiger partial charge on any atom is -0.444 e. The highest BCUT2D eigenvalue weighted by atomic mass is 16.6. The van der Waals surface area contributed by atoms with Crippen molar-refractivity contribution in [2.45, 2.75) is 57.2 Å². The summed E-state index contributed by atoms with van der Waals surface area (Å²) in [5.41, 5.74) is 11.1. The average molecular weight is 571 g/mol. The van der Waals surface area contributed by atoms with Crippen molar-refractivity contribution in [3.63, 3.8) is 0 Å². The molecule has 4 N–H and O–H groups in total. The summed E-state index contributed by atoms with van der Waals surface area (Å²) >= 11 is 0. The van der Waals surface area contributed by atoms with E-state index in [1.807, 2.05) is 45.0 Å². The lowest BCUT2D eigenvalue weighted by atomic mass is 9.72. The van der Waals surface area contributed by atoms with Gasteiger partial charge in [0.15, 0.2) is 5.82 Å². The van der Waals surface area contributed by atoms with E-state index in [0.717, 1.165) is 81.2 Å². The van der Waals surface area contributed by atoms with Crippen LogP contribution < -0.4 is 21.3 Å². The van der Waals surface area contributed by atoms with E-state index in [2.05, 4.69) is 56.8 Å². The monoisotopic (exact) mass is 570 g/mol. The number of nitrogens with one attached hydrogen (secondary N) is 2. The molecule has 1 amide bonds. The van der Waals surface area contributed by atoms with Crippen LogP contribution in [0.2, 0.25) is 0 Å². The molecule has 42 heavy (non-hydrogen) atoms. The lowest BCUT2D eigenvalue weighted by Crippen LogP contribution is -2.56. The van der Waals surface area contributed by atoms with Gasteiger partial charge in [0.05, 0.1) is 36.2 Å². The standard InChI is InChI=1S/C33H42N6O3/c1-32(2,3)42-31(40)37-33(14-5-15-33)24-8-10-25(11-9-24)35-30-28(34)12-13-29(36-30)23-6-4-7-26(20-23)38-16-18-39(19-17-38)27-21-41-22-27/h4,6-13,20,27H,5,14-19,21-22,34H2,1-3H3,(H,35,36)(H,37,40). The molecule has 0 spiro atoms. The Labute approximate surface area is 248 Å². The van der Waals surface area contributed by atoms with Crippen molar-refractivity contribution in [2.75, 3.05) is 55.3 Å². The second kappa shape index (κ2) is 11.5. The topological polar surface area (TPSA) is 105 Å². The van der Waals surface area contributed by atoms with Crippen LogP contribution >= 0.6 is 0 Å². The summed E-state index contributed by atoms with van der Waals surface area (Å²) < 4.78 is 10.9. The summed E-state index contributed by atoms with van der Waals surface area (Å²) in [6, 6.07) is 21.2. The number of amides is 1. The maximum atomic E-state index is 12.5. The fraction of sp³-hybridized carbons (Fsp3) is 0.455. The molecule has 0 radical (unpaired) electrons. The first-order valence-corrected chi connectivity index (χ1v) is 15.0. The van der Waals surface area contributed by atoms with E-state index in [1.165, 1.54) is 5.69 Å². The predicted octanol–water partition coefficient (Wildman–Crippen LogP) is 5.50. The highest BCUT2D eigenvalue weighted by molar-refractivity contribution is 5.75. The Morgan fingerprint density at radius 2 is 1.76 bits per heavy atom. The zero-order chi connectivity index (χ0) is 29.3. The summed E-state index contributed by atoms with van der Waals surface area (Å²) in [5.74, 6) is 0.618. The van der Waals surface area contributed by atoms with Gasteiger partial charge in [-0.05, 0) is 82.0 Å². The minimum absolute atomic E-state index is 0.381. The number of pyridine rings is 1. The van der Waals surface area contributed by atoms with Crippen LogP contribution in [0.25, 0.3) is 11.3 Å². The molecule has 1 saturated carbocycles. The lowest BCUT2D eigenvalue weighted by molar-refractivity contribution is -0.0660. The quantitative estimate of drug-likeness (QED) is 0.342. The van der Waals surface area contributed by atoms with E-state index < -0.39 is 5.60 Å². The normalized spacial score (nSPS) is 19.0. The lowest BCUT2D eigenvalue weighted by Gasteiger charge is -2.43. The molecule has 2 aliphatic heterocycles. The fourth-order valence-corrected chi connectivity index (χ4v) is 5.90. The molecule has 9 nitrogen and oxygen atoms in total. The highest BCUT2D eigenvalue weighted by Gasteiger charge is 2.41. The number of carbonyl (C=O) groups is 1. The first-order valence-electron chi connectivity index (χ1n) is 15.0. The number of aromatic nitrogens is 1. The van der Waals surface area contributed by atoms with Gasteiger partial charge in [-0.3, -0.25) is 4.90 Å². The Balaban J connectivity index is 1.13. The zero-order valence-corrected chi connectivity index (χ0v) is 24.9. The molecule has 1 aliphatic carbocycles. The van der Waals surface area contributed by atoms with E-state index in [4.69, 9.17) is 20.2 Å². The molecule has 0 atom stereocenters. The molecular weight excluding hydrogens is 528 g/mol. The summed E-state index contributed by atoms with van der Waals surface area (Å²) in [6.07, 6.45) is 2.46. The Kier molecular flexibility index (Phi) is 7.72. The van der Waals surface area contributed by atoms with Crippen molar-refractivity contribution in [1.29, 1.82) is 0 Å². The van der Waals surface area contributed by atoms with E-state index in [9.17, 15) is 4.79 Å². The molecule has 0 bridgehead atoms. The summed E-state index contributed by atoms with van der Waals surface area (Å²) in [7, 11) is 0. The van der Waals surface area contributed by atoms with Gasteiger partial charge in [-0.1, -0.05) is 24.3 Å². The second-order valence-electron chi connectivity index (χ2n) is 12.7. The smallest absolute Gasteiger partial charge is 0.408 e. The molecule has 2 aromatic carbocycles. The van der Waals surface area contributed by atoms with E-state index in [-0.39, 0.29) is 11.6 Å². The maximum Gasteiger partial charge on any atom is 0.408 e. The number of nitrogens with two attached hydrogens (primary N) is 1. The first-order chi connectivity index (χ1) is 20.2. The Hall–Kier alpha value is -3.82. The SMILES string of the molecule is CC(C)(C)OC(=O)NC1(c2ccc(Nc3nc(-c4cccc(N5CCN(C6COC6)CC5)c4)ccc3N)cc2)CCC1. The summed E-state index contributed by atoms with van der Waals surface area (Å²) in [5, 5.41) is 6.52. The number of benzene rings is 2. The molecular formula is C33H42N6O3. The van der Waals surface area contributed by atoms with Crippen LogP contribution in [-0.2, 0) is 15.0 Å². The van der Waals surface area contributed by atoms with Gasteiger partial charge in [0, 0.05) is 43.1 Å². The van der Waals surface area contributed by atoms with Gasteiger partial charge >= 0.3 is 6.09 Å². The van der Waals surface area contributed by atoms with Gasteiger partial charge in [0.1, 0.15) is 5.60 Å². The van der Waals surface area contributed by atoms with Crippen LogP contribution in [0.4, 0.5) is 27.7 Å². The molecule has 1 aromatic heterocycles. The van der Waals surface area contributed by atoms with E-state index >= 15 is 0 Å². The van der Waals surface area contributed by atoms with Gasteiger partial charge in [-0.15, -0.1) is 0 Å². The molecule has 0 unspecified atom stereocenters. The molecule has 3 aliphatic rings. The third-order valence-electron chi connectivity index (χ3n) is 8.53. The second-order valence-corrected chi connectivity index (χ2v) is 12.7. The molecule has 222 valence electrons. The summed E-state index contributed by atoms with van der Waals surface area (Å²) in [4.78, 5) is 22.4. The number of ether oxygens (including phenoxy) is 2. The Morgan fingerprint density at radius 1 is 1.02 bits per heavy atom. The van der Waals surface area contributed by atoms with Crippen molar-refractivity contribution in [3.8, 4) is 11.3 Å². The van der Waals surface area contributed by atoms with E-state index in [1.54, 1.807) is 0 Å². The summed E-state index contributed by atoms with van der Waals surface area (Å²) in [6.45, 7) is 11.5. The number of anilines is 4. The number of alkyl carbamates (subject to hydrolysis) is 1. The van der Waals surface area contributed by atoms with E-state index in [0.29, 0.717) is 17.5 Å². The van der Waals surface area contributed by atoms with Gasteiger partial charge in [-0.2, -0.15) is 0 Å². The number of hydrogen-bond acceptors (Lipinski definition) is 8. The minimum atomic E-state index is -0.535. The number of piperazine rings is 1. The molecule has 3 heterocycles. The molecule has 3 fully saturated rings. The van der Waals surface area contributed by atoms with Crippen molar-refractivity contribution < 1.29 is 14.3 Å². The van der Waals surface area contributed by atoms with Gasteiger partial charge in [-0.25, -0.2) is 9.78 Å². The van der Waals surface area contributed by atoms with Crippen molar-refractivity contribution in [2.24, 2.45) is 0 Å². The predicted molar refractivity (Wildman–Crippen MR) is 167 cm³/mol. The average Bonchev–Trinajstić information content (AvgIpc) is 2.91. The number of carbonyl (C=O) groups excluding carboxylic acids is 1. The molecule has 2 saturated heterocycles. The van der Waals surface area contributed by atoms with Crippen LogP contribution in [0, 0.1) is 0 Å². The largest absolute Gasteiger partial charge is 0.444 e. The zero-order valence-electron chi connectivity index (χ0n) is 24.9. The van der Waals surface area contributed by atoms with Crippen LogP contribution in [0.5, 0.6) is 0 Å². The maximum absolute atomic E-state index is 12.5. The van der Waals surface area contributed by atoms with Crippen molar-refractivity contribution in [3.05, 3.63) is 66.2 Å². The van der Waals surface area contributed by atoms with Crippen LogP contribution in [0.3, 0.4) is 0 Å². The first kappa shape index (κ1) is 28.3. The number of nitrogens with zero attached hydrogens (tertiary/aromatic N) is 3. The Bertz CT molecular complexity index is 1400. The number of hydrogen-bond donors (Lipinski definition) is 3. The third-order valence-corrected chi connectivity index (χ3v) is 8.53. The molecule has 3 aromatic rings. The number of rotatable bonds is 7. The van der Waals surface area contributed by atoms with Crippen molar-refractivity contribution >= 4 is 29.0 Å². The Morgan fingerprint density at radius 3 is 2.38 bits per heavy atom. The van der Waals surface area contributed by atoms with Gasteiger partial charge < -0.3 is 30.7 Å². The van der Waals surface area contributed by atoms with Crippen LogP contribution in [0.15, 0.2) is 60.7 Å². The van der Waals surface area contributed by atoms with Crippen LogP contribution in [-0.4, -0.2) is 67.0 Å². The number of nitrogen functional groups attached to an aromatic ring is 1. The van der Waals surface area contributed by atoms with Crippen molar-refractivity contribution in [1.82, 2.24) is 15.2 Å². The third kappa shape index (κ3) is 6.17. The van der Waals surface area contributed by atoms with Gasteiger partial charge in [0.2, 0.25) is 0 Å². The fourth-order valence-electron chi connectivity index (χ4n) is 5.90. The molecule has 6 rings (SSSR count). The highest BCUT2D eigenvalue weighted by Crippen LogP contribution is 2.42.